The van der Waals surface area contributed by atoms with E-state index < -0.39 is 0 Å². The SMILES string of the molecule is Cc1cccc(C(=O)Nc2cc(-c3ccsc3)no2)c1. The van der Waals surface area contributed by atoms with Gasteiger partial charge in [0.1, 0.15) is 5.69 Å². The number of aryl methyl sites for hydroxylation is 1. The molecule has 0 radical (unpaired) electrons. The van der Waals surface area contributed by atoms with Gasteiger partial charge in [-0.1, -0.05) is 22.9 Å². The zero-order chi connectivity index (χ0) is 13.9. The zero-order valence-corrected chi connectivity index (χ0v) is 11.6. The van der Waals surface area contributed by atoms with Crippen molar-refractivity contribution in [3.8, 4) is 11.3 Å². The molecule has 2 aromatic heterocycles. The number of aromatic nitrogens is 1. The van der Waals surface area contributed by atoms with Crippen molar-refractivity contribution in [1.29, 1.82) is 0 Å². The molecule has 4 nitrogen and oxygen atoms in total. The van der Waals surface area contributed by atoms with Crippen LogP contribution < -0.4 is 5.32 Å². The van der Waals surface area contributed by atoms with Gasteiger partial charge in [-0.2, -0.15) is 11.3 Å². The standard InChI is InChI=1S/C15H12N2O2S/c1-10-3-2-4-11(7-10)15(18)16-14-8-13(17-19-14)12-5-6-20-9-12/h2-9H,1H3,(H,16,18). The van der Waals surface area contributed by atoms with Gasteiger partial charge in [0.2, 0.25) is 5.88 Å². The van der Waals surface area contributed by atoms with Gasteiger partial charge in [0, 0.05) is 22.6 Å². The Morgan fingerprint density at radius 1 is 1.30 bits per heavy atom. The second-order valence-corrected chi connectivity index (χ2v) is 5.19. The average molecular weight is 284 g/mol. The third-order valence-electron chi connectivity index (χ3n) is 2.84. The smallest absolute Gasteiger partial charge is 0.258 e. The zero-order valence-electron chi connectivity index (χ0n) is 10.8. The van der Waals surface area contributed by atoms with Crippen LogP contribution in [-0.2, 0) is 0 Å². The summed E-state index contributed by atoms with van der Waals surface area (Å²) in [7, 11) is 0. The number of hydrogen-bond donors (Lipinski definition) is 1. The summed E-state index contributed by atoms with van der Waals surface area (Å²) in [6.07, 6.45) is 0. The first kappa shape index (κ1) is 12.6. The van der Waals surface area contributed by atoms with Gasteiger partial charge in [-0.15, -0.1) is 0 Å². The summed E-state index contributed by atoms with van der Waals surface area (Å²) in [5, 5.41) is 10.6. The molecule has 20 heavy (non-hydrogen) atoms. The van der Waals surface area contributed by atoms with Gasteiger partial charge in [-0.25, -0.2) is 0 Å². The predicted molar refractivity (Wildman–Crippen MR) is 78.9 cm³/mol. The lowest BCUT2D eigenvalue weighted by molar-refractivity contribution is 0.102. The lowest BCUT2D eigenvalue weighted by atomic mass is 10.1. The highest BCUT2D eigenvalue weighted by Crippen LogP contribution is 2.24. The van der Waals surface area contributed by atoms with E-state index in [0.717, 1.165) is 11.1 Å². The Morgan fingerprint density at radius 2 is 2.20 bits per heavy atom. The predicted octanol–water partition coefficient (Wildman–Crippen LogP) is 3.96. The van der Waals surface area contributed by atoms with Crippen LogP contribution in [-0.4, -0.2) is 11.1 Å². The molecule has 0 spiro atoms. The molecule has 3 rings (SSSR count). The Balaban J connectivity index is 1.77. The highest BCUT2D eigenvalue weighted by molar-refractivity contribution is 7.08. The molecular weight excluding hydrogens is 272 g/mol. The second kappa shape index (κ2) is 5.30. The van der Waals surface area contributed by atoms with Crippen LogP contribution in [0.1, 0.15) is 15.9 Å². The lowest BCUT2D eigenvalue weighted by Gasteiger charge is -2.01. The summed E-state index contributed by atoms with van der Waals surface area (Å²) in [4.78, 5) is 12.1. The highest BCUT2D eigenvalue weighted by atomic mass is 32.1. The van der Waals surface area contributed by atoms with Gasteiger partial charge in [0.25, 0.3) is 5.91 Å². The van der Waals surface area contributed by atoms with Gasteiger partial charge in [-0.3, -0.25) is 10.1 Å². The highest BCUT2D eigenvalue weighted by Gasteiger charge is 2.11. The van der Waals surface area contributed by atoms with E-state index in [1.807, 2.05) is 41.9 Å². The summed E-state index contributed by atoms with van der Waals surface area (Å²) < 4.78 is 5.13. The molecule has 0 atom stereocenters. The first-order chi connectivity index (χ1) is 9.72. The van der Waals surface area contributed by atoms with Crippen molar-refractivity contribution in [3.63, 3.8) is 0 Å². The number of hydrogen-bond acceptors (Lipinski definition) is 4. The van der Waals surface area contributed by atoms with Gasteiger partial charge in [0.15, 0.2) is 0 Å². The minimum Gasteiger partial charge on any atom is -0.338 e. The Labute approximate surface area is 120 Å². The monoisotopic (exact) mass is 284 g/mol. The summed E-state index contributed by atoms with van der Waals surface area (Å²) in [6.45, 7) is 1.94. The van der Waals surface area contributed by atoms with Crippen LogP contribution in [0.15, 0.2) is 51.7 Å². The van der Waals surface area contributed by atoms with Crippen LogP contribution in [0.5, 0.6) is 0 Å². The molecule has 2 heterocycles. The molecule has 0 aliphatic carbocycles. The van der Waals surface area contributed by atoms with Crippen LogP contribution in [0.3, 0.4) is 0 Å². The summed E-state index contributed by atoms with van der Waals surface area (Å²) in [6, 6.07) is 11.1. The third-order valence-corrected chi connectivity index (χ3v) is 3.53. The second-order valence-electron chi connectivity index (χ2n) is 4.41. The summed E-state index contributed by atoms with van der Waals surface area (Å²) in [5.41, 5.74) is 3.33. The lowest BCUT2D eigenvalue weighted by Crippen LogP contribution is -2.11. The minimum atomic E-state index is -0.207. The molecule has 0 aliphatic rings. The molecule has 5 heteroatoms. The van der Waals surface area contributed by atoms with Gasteiger partial charge in [0.05, 0.1) is 0 Å². The molecular formula is C15H12N2O2S. The number of carbonyl (C=O) groups is 1. The van der Waals surface area contributed by atoms with Crippen LogP contribution in [0.2, 0.25) is 0 Å². The quantitative estimate of drug-likeness (QED) is 0.792. The van der Waals surface area contributed by atoms with E-state index in [4.69, 9.17) is 4.52 Å². The van der Waals surface area contributed by atoms with E-state index in [1.165, 1.54) is 0 Å². The topological polar surface area (TPSA) is 55.1 Å². The number of benzene rings is 1. The van der Waals surface area contributed by atoms with Crippen molar-refractivity contribution in [2.75, 3.05) is 5.32 Å². The van der Waals surface area contributed by atoms with Crippen molar-refractivity contribution in [3.05, 3.63) is 58.3 Å². The Kier molecular flexibility index (Phi) is 3.35. The van der Waals surface area contributed by atoms with E-state index in [9.17, 15) is 4.79 Å². The van der Waals surface area contributed by atoms with Crippen molar-refractivity contribution in [2.45, 2.75) is 6.92 Å². The fraction of sp³-hybridized carbons (Fsp3) is 0.0667. The average Bonchev–Trinajstić information content (AvgIpc) is 3.08. The molecule has 3 aromatic rings. The van der Waals surface area contributed by atoms with E-state index in [1.54, 1.807) is 23.5 Å². The number of nitrogens with one attached hydrogen (secondary N) is 1. The van der Waals surface area contributed by atoms with Crippen LogP contribution in [0.25, 0.3) is 11.3 Å². The van der Waals surface area contributed by atoms with Crippen molar-refractivity contribution >= 4 is 23.1 Å². The molecule has 1 N–H and O–H groups in total. The number of thiophene rings is 1. The van der Waals surface area contributed by atoms with Gasteiger partial charge < -0.3 is 4.52 Å². The Hall–Kier alpha value is -2.40. The number of amides is 1. The number of nitrogens with zero attached hydrogens (tertiary/aromatic N) is 1. The number of anilines is 1. The Morgan fingerprint density at radius 3 is 2.95 bits per heavy atom. The molecule has 100 valence electrons. The molecule has 1 amide bonds. The van der Waals surface area contributed by atoms with Crippen molar-refractivity contribution in [1.82, 2.24) is 5.16 Å². The van der Waals surface area contributed by atoms with E-state index in [2.05, 4.69) is 10.5 Å². The van der Waals surface area contributed by atoms with Crippen LogP contribution in [0, 0.1) is 6.92 Å². The molecule has 1 aromatic carbocycles. The maximum absolute atomic E-state index is 12.1. The maximum atomic E-state index is 12.1. The van der Waals surface area contributed by atoms with E-state index in [-0.39, 0.29) is 5.91 Å². The fourth-order valence-corrected chi connectivity index (χ4v) is 2.50. The van der Waals surface area contributed by atoms with E-state index >= 15 is 0 Å². The van der Waals surface area contributed by atoms with Crippen molar-refractivity contribution in [2.24, 2.45) is 0 Å². The molecule has 0 fully saturated rings. The molecule has 0 saturated carbocycles. The first-order valence-electron chi connectivity index (χ1n) is 6.10. The fourth-order valence-electron chi connectivity index (χ4n) is 1.85. The van der Waals surface area contributed by atoms with Crippen LogP contribution in [0.4, 0.5) is 5.88 Å². The largest absolute Gasteiger partial charge is 0.338 e. The summed E-state index contributed by atoms with van der Waals surface area (Å²) in [5.74, 6) is 0.138. The van der Waals surface area contributed by atoms with Gasteiger partial charge in [-0.05, 0) is 30.5 Å². The number of rotatable bonds is 3. The third kappa shape index (κ3) is 2.62. The molecule has 0 bridgehead atoms. The molecule has 0 aliphatic heterocycles. The van der Waals surface area contributed by atoms with E-state index in [0.29, 0.717) is 17.1 Å². The van der Waals surface area contributed by atoms with Crippen LogP contribution >= 0.6 is 11.3 Å². The molecule has 0 saturated heterocycles. The first-order valence-corrected chi connectivity index (χ1v) is 7.04. The van der Waals surface area contributed by atoms with Crippen molar-refractivity contribution < 1.29 is 9.32 Å². The maximum Gasteiger partial charge on any atom is 0.258 e. The molecule has 0 unspecified atom stereocenters. The summed E-state index contributed by atoms with van der Waals surface area (Å²) >= 11 is 1.59. The van der Waals surface area contributed by atoms with Gasteiger partial charge >= 0.3 is 0 Å². The minimum absolute atomic E-state index is 0.207. The number of carbonyl (C=O) groups excluding carboxylic acids is 1. The Bertz CT molecular complexity index is 732. The normalized spacial score (nSPS) is 10.4.